The molecule has 1 aromatic heterocycles. The number of hydrogen-bond donors (Lipinski definition) is 1. The van der Waals surface area contributed by atoms with Crippen LogP contribution in [-0.2, 0) is 21.5 Å². The van der Waals surface area contributed by atoms with Crippen LogP contribution in [0.15, 0.2) is 30.5 Å². The van der Waals surface area contributed by atoms with Crippen LogP contribution in [0.5, 0.6) is 0 Å². The first-order chi connectivity index (χ1) is 11.9. The maximum Gasteiger partial charge on any atom is 0.246 e. The topological polar surface area (TPSA) is 54.3 Å². The van der Waals surface area contributed by atoms with Gasteiger partial charge < -0.3 is 14.8 Å². The molecule has 132 valence electrons. The summed E-state index contributed by atoms with van der Waals surface area (Å²) >= 11 is 0. The van der Waals surface area contributed by atoms with Crippen molar-refractivity contribution in [2.75, 3.05) is 6.54 Å². The summed E-state index contributed by atoms with van der Waals surface area (Å²) in [5, 5.41) is 4.11. The molecule has 0 unspecified atom stereocenters. The maximum atomic E-state index is 12.8. The molecule has 1 N–H and O–H groups in total. The number of nitrogens with one attached hydrogen (secondary N) is 1. The molecule has 5 heteroatoms. The molecule has 0 saturated carbocycles. The fourth-order valence-electron chi connectivity index (χ4n) is 4.16. The minimum absolute atomic E-state index is 0.00154. The van der Waals surface area contributed by atoms with Gasteiger partial charge in [0, 0.05) is 35.6 Å². The van der Waals surface area contributed by atoms with Gasteiger partial charge in [-0.3, -0.25) is 9.59 Å². The quantitative estimate of drug-likeness (QED) is 0.914. The van der Waals surface area contributed by atoms with E-state index >= 15 is 0 Å². The zero-order chi connectivity index (χ0) is 17.8. The van der Waals surface area contributed by atoms with E-state index in [-0.39, 0.29) is 23.4 Å². The van der Waals surface area contributed by atoms with Crippen molar-refractivity contribution in [1.82, 2.24) is 14.8 Å². The SMILES string of the molecule is CC(C)(C)n1cc(C[C@@H]2NC(=O)[C@@H]3CCCN3C2=O)c2ccccc21. The van der Waals surface area contributed by atoms with Crippen molar-refractivity contribution in [3.8, 4) is 0 Å². The van der Waals surface area contributed by atoms with E-state index in [1.54, 1.807) is 4.90 Å². The molecule has 0 radical (unpaired) electrons. The molecule has 0 aliphatic carbocycles. The van der Waals surface area contributed by atoms with E-state index in [9.17, 15) is 9.59 Å². The van der Waals surface area contributed by atoms with Crippen LogP contribution in [0.4, 0.5) is 0 Å². The third-order valence-electron chi connectivity index (χ3n) is 5.39. The second kappa shape index (κ2) is 5.61. The molecule has 0 bridgehead atoms. The van der Waals surface area contributed by atoms with E-state index in [4.69, 9.17) is 0 Å². The van der Waals surface area contributed by atoms with Crippen molar-refractivity contribution in [1.29, 1.82) is 0 Å². The average Bonchev–Trinajstić information content (AvgIpc) is 3.17. The van der Waals surface area contributed by atoms with Gasteiger partial charge in [-0.25, -0.2) is 0 Å². The number of rotatable bonds is 2. The van der Waals surface area contributed by atoms with E-state index in [1.165, 1.54) is 5.52 Å². The summed E-state index contributed by atoms with van der Waals surface area (Å²) in [7, 11) is 0. The van der Waals surface area contributed by atoms with Gasteiger partial charge in [0.25, 0.3) is 0 Å². The van der Waals surface area contributed by atoms with Gasteiger partial charge in [0.15, 0.2) is 0 Å². The van der Waals surface area contributed by atoms with Crippen molar-refractivity contribution >= 4 is 22.7 Å². The monoisotopic (exact) mass is 339 g/mol. The largest absolute Gasteiger partial charge is 0.342 e. The molecule has 2 fully saturated rings. The molecular weight excluding hydrogens is 314 g/mol. The molecular formula is C20H25N3O2. The van der Waals surface area contributed by atoms with Crippen LogP contribution in [0.25, 0.3) is 10.9 Å². The normalized spacial score (nSPS) is 23.9. The Morgan fingerprint density at radius 3 is 2.72 bits per heavy atom. The maximum absolute atomic E-state index is 12.8. The van der Waals surface area contributed by atoms with Gasteiger partial charge in [-0.2, -0.15) is 0 Å². The zero-order valence-corrected chi connectivity index (χ0v) is 15.1. The highest BCUT2D eigenvalue weighted by molar-refractivity contribution is 5.98. The molecule has 2 atom stereocenters. The summed E-state index contributed by atoms with van der Waals surface area (Å²) in [6.07, 6.45) is 4.38. The summed E-state index contributed by atoms with van der Waals surface area (Å²) in [5.74, 6) is 0.0661. The predicted octanol–water partition coefficient (Wildman–Crippen LogP) is 2.43. The Hall–Kier alpha value is -2.30. The zero-order valence-electron chi connectivity index (χ0n) is 15.1. The summed E-state index contributed by atoms with van der Waals surface area (Å²) < 4.78 is 2.26. The lowest BCUT2D eigenvalue weighted by molar-refractivity contribution is -0.146. The number of hydrogen-bond acceptors (Lipinski definition) is 2. The van der Waals surface area contributed by atoms with Crippen molar-refractivity contribution in [2.45, 2.75) is 57.7 Å². The van der Waals surface area contributed by atoms with Crippen LogP contribution in [0.3, 0.4) is 0 Å². The lowest BCUT2D eigenvalue weighted by atomic mass is 10.0. The molecule has 1 aromatic carbocycles. The van der Waals surface area contributed by atoms with Crippen LogP contribution in [0, 0.1) is 0 Å². The van der Waals surface area contributed by atoms with Gasteiger partial charge in [-0.15, -0.1) is 0 Å². The molecule has 0 spiro atoms. The molecule has 2 aliphatic rings. The van der Waals surface area contributed by atoms with Crippen molar-refractivity contribution in [3.63, 3.8) is 0 Å². The van der Waals surface area contributed by atoms with Gasteiger partial charge in [-0.05, 0) is 45.2 Å². The smallest absolute Gasteiger partial charge is 0.246 e. The first-order valence-electron chi connectivity index (χ1n) is 9.06. The van der Waals surface area contributed by atoms with Crippen LogP contribution in [0.2, 0.25) is 0 Å². The predicted molar refractivity (Wildman–Crippen MR) is 97.3 cm³/mol. The summed E-state index contributed by atoms with van der Waals surface area (Å²) in [4.78, 5) is 26.9. The highest BCUT2D eigenvalue weighted by Crippen LogP contribution is 2.30. The summed E-state index contributed by atoms with van der Waals surface area (Å²) in [5.41, 5.74) is 2.23. The minimum Gasteiger partial charge on any atom is -0.342 e. The second-order valence-electron chi connectivity index (χ2n) is 8.17. The fourth-order valence-corrected chi connectivity index (χ4v) is 4.16. The van der Waals surface area contributed by atoms with E-state index in [0.717, 1.165) is 23.8 Å². The highest BCUT2D eigenvalue weighted by atomic mass is 16.2. The molecule has 2 aliphatic heterocycles. The molecule has 5 nitrogen and oxygen atoms in total. The van der Waals surface area contributed by atoms with Crippen molar-refractivity contribution < 1.29 is 9.59 Å². The molecule has 3 heterocycles. The molecule has 25 heavy (non-hydrogen) atoms. The van der Waals surface area contributed by atoms with Crippen molar-refractivity contribution in [3.05, 3.63) is 36.0 Å². The number of para-hydroxylation sites is 1. The number of piperazine rings is 1. The fraction of sp³-hybridized carbons (Fsp3) is 0.500. The van der Waals surface area contributed by atoms with Gasteiger partial charge in [0.1, 0.15) is 12.1 Å². The van der Waals surface area contributed by atoms with Gasteiger partial charge in [-0.1, -0.05) is 18.2 Å². The summed E-state index contributed by atoms with van der Waals surface area (Å²) in [6.45, 7) is 7.22. The van der Waals surface area contributed by atoms with Gasteiger partial charge in [0.05, 0.1) is 0 Å². The van der Waals surface area contributed by atoms with E-state index in [2.05, 4.69) is 49.0 Å². The van der Waals surface area contributed by atoms with E-state index in [0.29, 0.717) is 13.0 Å². The molecule has 2 amide bonds. The highest BCUT2D eigenvalue weighted by Gasteiger charge is 2.43. The van der Waals surface area contributed by atoms with Crippen LogP contribution in [-0.4, -0.2) is 39.9 Å². The third kappa shape index (κ3) is 2.62. The lowest BCUT2D eigenvalue weighted by Gasteiger charge is -2.34. The number of amides is 2. The third-order valence-corrected chi connectivity index (χ3v) is 5.39. The number of fused-ring (bicyclic) bond motifs is 2. The number of benzene rings is 1. The molecule has 2 saturated heterocycles. The first-order valence-corrected chi connectivity index (χ1v) is 9.06. The van der Waals surface area contributed by atoms with E-state index < -0.39 is 6.04 Å². The number of nitrogens with zero attached hydrogens (tertiary/aromatic N) is 2. The van der Waals surface area contributed by atoms with Crippen LogP contribution < -0.4 is 5.32 Å². The lowest BCUT2D eigenvalue weighted by Crippen LogP contribution is -2.61. The number of carbonyl (C=O) groups is 2. The van der Waals surface area contributed by atoms with Gasteiger partial charge >= 0.3 is 0 Å². The Morgan fingerprint density at radius 1 is 1.20 bits per heavy atom. The molecule has 2 aromatic rings. The molecule has 4 rings (SSSR count). The Morgan fingerprint density at radius 2 is 1.96 bits per heavy atom. The standard InChI is InChI=1S/C20H25N3O2/c1-20(2,3)23-12-13(14-7-4-5-8-16(14)23)11-15-19(25)22-10-6-9-17(22)18(24)21-15/h4-5,7-8,12,15,17H,6,9-11H2,1-3H3,(H,21,24)/t15-,17-/m0/s1. The Kier molecular flexibility index (Phi) is 3.63. The van der Waals surface area contributed by atoms with E-state index in [1.807, 2.05) is 12.1 Å². The van der Waals surface area contributed by atoms with Crippen molar-refractivity contribution in [2.24, 2.45) is 0 Å². The average molecular weight is 339 g/mol. The Bertz CT molecular complexity index is 846. The van der Waals surface area contributed by atoms with Crippen LogP contribution >= 0.6 is 0 Å². The Balaban J connectivity index is 1.69. The number of carbonyl (C=O) groups excluding carboxylic acids is 2. The minimum atomic E-state index is -0.457. The van der Waals surface area contributed by atoms with Gasteiger partial charge in [0.2, 0.25) is 11.8 Å². The number of aromatic nitrogens is 1. The Labute approximate surface area is 148 Å². The van der Waals surface area contributed by atoms with Crippen LogP contribution in [0.1, 0.15) is 39.2 Å². The second-order valence-corrected chi connectivity index (χ2v) is 8.17. The first kappa shape index (κ1) is 16.2. The summed E-state index contributed by atoms with van der Waals surface area (Å²) in [6, 6.07) is 7.57.